The fourth-order valence-electron chi connectivity index (χ4n) is 2.37. The van der Waals surface area contributed by atoms with Gasteiger partial charge in [-0.3, -0.25) is 0 Å². The molecule has 1 saturated carbocycles. The van der Waals surface area contributed by atoms with Crippen molar-refractivity contribution in [3.8, 4) is 6.07 Å². The molecule has 2 rings (SSSR count). The van der Waals surface area contributed by atoms with Crippen molar-refractivity contribution in [3.05, 3.63) is 29.6 Å². The highest BCUT2D eigenvalue weighted by atomic mass is 19.1. The summed E-state index contributed by atoms with van der Waals surface area (Å²) in [5, 5.41) is 11.9. The molecule has 0 aromatic heterocycles. The number of nitriles is 1. The van der Waals surface area contributed by atoms with E-state index in [4.69, 9.17) is 5.26 Å². The largest absolute Gasteiger partial charge is 0.385 e. The van der Waals surface area contributed by atoms with E-state index >= 15 is 0 Å². The number of halogens is 1. The normalized spacial score (nSPS) is 16.5. The fraction of sp³-hybridized carbons (Fsp3) is 0.500. The highest BCUT2D eigenvalue weighted by molar-refractivity contribution is 5.48. The van der Waals surface area contributed by atoms with Crippen molar-refractivity contribution in [2.45, 2.75) is 32.1 Å². The summed E-state index contributed by atoms with van der Waals surface area (Å²) in [5.74, 6) is 0.267. The van der Waals surface area contributed by atoms with Crippen LogP contribution in [0.15, 0.2) is 18.2 Å². The third-order valence-electron chi connectivity index (χ3n) is 3.41. The standard InChI is InChI=1S/C14H17FN2/c15-14-8-13(7-6-12(14)9-16)17-10-11-4-2-1-3-5-11/h6-8,11,17H,1-5,10H2. The molecule has 90 valence electrons. The first-order valence-electron chi connectivity index (χ1n) is 6.23. The Labute approximate surface area is 101 Å². The van der Waals surface area contributed by atoms with E-state index in [0.29, 0.717) is 5.92 Å². The van der Waals surface area contributed by atoms with Gasteiger partial charge in [0.05, 0.1) is 5.56 Å². The van der Waals surface area contributed by atoms with Gasteiger partial charge < -0.3 is 5.32 Å². The van der Waals surface area contributed by atoms with Crippen molar-refractivity contribution in [1.29, 1.82) is 5.26 Å². The molecule has 2 nitrogen and oxygen atoms in total. The third kappa shape index (κ3) is 3.20. The summed E-state index contributed by atoms with van der Waals surface area (Å²) in [7, 11) is 0. The van der Waals surface area contributed by atoms with Crippen molar-refractivity contribution in [2.75, 3.05) is 11.9 Å². The lowest BCUT2D eigenvalue weighted by atomic mass is 9.89. The molecule has 1 fully saturated rings. The van der Waals surface area contributed by atoms with Gasteiger partial charge in [0, 0.05) is 12.2 Å². The van der Waals surface area contributed by atoms with Crippen molar-refractivity contribution >= 4 is 5.69 Å². The average Bonchev–Trinajstić information content (AvgIpc) is 2.38. The van der Waals surface area contributed by atoms with E-state index in [0.717, 1.165) is 12.2 Å². The Balaban J connectivity index is 1.90. The Hall–Kier alpha value is -1.56. The molecule has 0 heterocycles. The number of rotatable bonds is 3. The molecule has 0 saturated heterocycles. The molecule has 0 unspecified atom stereocenters. The first-order valence-corrected chi connectivity index (χ1v) is 6.23. The van der Waals surface area contributed by atoms with E-state index in [1.807, 2.05) is 6.07 Å². The number of anilines is 1. The van der Waals surface area contributed by atoms with Gasteiger partial charge in [-0.15, -0.1) is 0 Å². The minimum absolute atomic E-state index is 0.105. The molecule has 0 radical (unpaired) electrons. The summed E-state index contributed by atoms with van der Waals surface area (Å²) in [5.41, 5.74) is 0.875. The quantitative estimate of drug-likeness (QED) is 0.862. The Morgan fingerprint density at radius 2 is 2.06 bits per heavy atom. The van der Waals surface area contributed by atoms with E-state index in [9.17, 15) is 4.39 Å². The van der Waals surface area contributed by atoms with Gasteiger partial charge in [-0.1, -0.05) is 19.3 Å². The maximum atomic E-state index is 13.4. The van der Waals surface area contributed by atoms with Crippen LogP contribution in [0.25, 0.3) is 0 Å². The Kier molecular flexibility index (Phi) is 3.98. The van der Waals surface area contributed by atoms with Gasteiger partial charge in [-0.05, 0) is 37.0 Å². The van der Waals surface area contributed by atoms with Crippen LogP contribution in [0, 0.1) is 23.1 Å². The smallest absolute Gasteiger partial charge is 0.143 e. The summed E-state index contributed by atoms with van der Waals surface area (Å²) in [4.78, 5) is 0. The highest BCUT2D eigenvalue weighted by Gasteiger charge is 2.13. The SMILES string of the molecule is N#Cc1ccc(NCC2CCCCC2)cc1F. The van der Waals surface area contributed by atoms with Crippen LogP contribution in [0.1, 0.15) is 37.7 Å². The van der Waals surface area contributed by atoms with Gasteiger partial charge in [-0.25, -0.2) is 4.39 Å². The maximum absolute atomic E-state index is 13.4. The summed E-state index contributed by atoms with van der Waals surface area (Å²) >= 11 is 0. The molecular formula is C14H17FN2. The Morgan fingerprint density at radius 1 is 1.29 bits per heavy atom. The van der Waals surface area contributed by atoms with Crippen LogP contribution in [0.5, 0.6) is 0 Å². The van der Waals surface area contributed by atoms with Gasteiger partial charge in [0.2, 0.25) is 0 Å². The molecule has 1 N–H and O–H groups in total. The lowest BCUT2D eigenvalue weighted by Crippen LogP contribution is -2.17. The van der Waals surface area contributed by atoms with Gasteiger partial charge >= 0.3 is 0 Å². The van der Waals surface area contributed by atoms with Gasteiger partial charge in [0.1, 0.15) is 11.9 Å². The molecule has 1 aromatic carbocycles. The summed E-state index contributed by atoms with van der Waals surface area (Å²) in [6.07, 6.45) is 6.52. The molecule has 3 heteroatoms. The fourth-order valence-corrected chi connectivity index (χ4v) is 2.37. The van der Waals surface area contributed by atoms with E-state index in [2.05, 4.69) is 5.32 Å². The molecule has 0 bridgehead atoms. The predicted molar refractivity (Wildman–Crippen MR) is 66.2 cm³/mol. The monoisotopic (exact) mass is 232 g/mol. The summed E-state index contributed by atoms with van der Waals surface area (Å²) in [6.45, 7) is 0.908. The molecule has 1 aliphatic rings. The zero-order valence-electron chi connectivity index (χ0n) is 9.88. The van der Waals surface area contributed by atoms with Crippen LogP contribution in [-0.2, 0) is 0 Å². The van der Waals surface area contributed by atoms with Crippen molar-refractivity contribution in [1.82, 2.24) is 0 Å². The van der Waals surface area contributed by atoms with Crippen LogP contribution in [0.2, 0.25) is 0 Å². The lowest BCUT2D eigenvalue weighted by molar-refractivity contribution is 0.373. The van der Waals surface area contributed by atoms with Gasteiger partial charge in [-0.2, -0.15) is 5.26 Å². The summed E-state index contributed by atoms with van der Waals surface area (Å²) in [6, 6.07) is 6.52. The van der Waals surface area contributed by atoms with Crippen molar-refractivity contribution < 1.29 is 4.39 Å². The number of hydrogen-bond acceptors (Lipinski definition) is 2. The Bertz CT molecular complexity index is 417. The van der Waals surface area contributed by atoms with E-state index < -0.39 is 5.82 Å². The second-order valence-corrected chi connectivity index (χ2v) is 4.69. The molecule has 0 atom stereocenters. The second kappa shape index (κ2) is 5.67. The van der Waals surface area contributed by atoms with E-state index in [-0.39, 0.29) is 5.56 Å². The minimum Gasteiger partial charge on any atom is -0.385 e. The number of hydrogen-bond donors (Lipinski definition) is 1. The van der Waals surface area contributed by atoms with Gasteiger partial charge in [0.25, 0.3) is 0 Å². The third-order valence-corrected chi connectivity index (χ3v) is 3.41. The highest BCUT2D eigenvalue weighted by Crippen LogP contribution is 2.24. The van der Waals surface area contributed by atoms with E-state index in [1.54, 1.807) is 6.07 Å². The van der Waals surface area contributed by atoms with Crippen LogP contribution in [-0.4, -0.2) is 6.54 Å². The van der Waals surface area contributed by atoms with Crippen molar-refractivity contribution in [2.24, 2.45) is 5.92 Å². The van der Waals surface area contributed by atoms with Gasteiger partial charge in [0.15, 0.2) is 0 Å². The number of benzene rings is 1. The topological polar surface area (TPSA) is 35.8 Å². The predicted octanol–water partition coefficient (Wildman–Crippen LogP) is 3.69. The van der Waals surface area contributed by atoms with E-state index in [1.165, 1.54) is 44.2 Å². The van der Waals surface area contributed by atoms with Crippen LogP contribution < -0.4 is 5.32 Å². The summed E-state index contributed by atoms with van der Waals surface area (Å²) < 4.78 is 13.4. The molecule has 1 aliphatic carbocycles. The molecule has 0 aliphatic heterocycles. The molecule has 0 spiro atoms. The van der Waals surface area contributed by atoms with Crippen LogP contribution in [0.3, 0.4) is 0 Å². The van der Waals surface area contributed by atoms with Crippen LogP contribution >= 0.6 is 0 Å². The second-order valence-electron chi connectivity index (χ2n) is 4.69. The average molecular weight is 232 g/mol. The number of nitrogens with zero attached hydrogens (tertiary/aromatic N) is 1. The first kappa shape index (κ1) is 11.9. The van der Waals surface area contributed by atoms with Crippen molar-refractivity contribution in [3.63, 3.8) is 0 Å². The minimum atomic E-state index is -0.443. The molecular weight excluding hydrogens is 215 g/mol. The maximum Gasteiger partial charge on any atom is 0.143 e. The first-order chi connectivity index (χ1) is 8.29. The number of nitrogens with one attached hydrogen (secondary N) is 1. The molecule has 0 amide bonds. The lowest BCUT2D eigenvalue weighted by Gasteiger charge is -2.22. The zero-order chi connectivity index (χ0) is 12.1. The Morgan fingerprint density at radius 3 is 2.71 bits per heavy atom. The molecule has 17 heavy (non-hydrogen) atoms. The molecule has 1 aromatic rings. The zero-order valence-corrected chi connectivity index (χ0v) is 9.88. The van der Waals surface area contributed by atoms with Crippen LogP contribution in [0.4, 0.5) is 10.1 Å².